The Morgan fingerprint density at radius 2 is 1.52 bits per heavy atom. The molecule has 3 aromatic carbocycles. The van der Waals surface area contributed by atoms with E-state index in [0.29, 0.717) is 24.1 Å². The summed E-state index contributed by atoms with van der Waals surface area (Å²) in [6, 6.07) is 28.0. The molecule has 4 rings (SSSR count). The molecule has 0 unspecified atom stereocenters. The van der Waals surface area contributed by atoms with Gasteiger partial charge in [0, 0.05) is 13.1 Å². The van der Waals surface area contributed by atoms with E-state index in [4.69, 9.17) is 4.42 Å². The minimum absolute atomic E-state index is 0.0806. The summed E-state index contributed by atoms with van der Waals surface area (Å²) in [5.74, 6) is 0.381. The molecule has 4 nitrogen and oxygen atoms in total. The van der Waals surface area contributed by atoms with Gasteiger partial charge < -0.3 is 9.32 Å². The highest BCUT2D eigenvalue weighted by Gasteiger charge is 2.16. The number of rotatable bonds is 8. The number of aromatic nitrogens is 1. The molecule has 29 heavy (non-hydrogen) atoms. The van der Waals surface area contributed by atoms with Crippen molar-refractivity contribution in [2.45, 2.75) is 18.2 Å². The van der Waals surface area contributed by atoms with Crippen LogP contribution in [0.3, 0.4) is 0 Å². The predicted octanol–water partition coefficient (Wildman–Crippen LogP) is 5.19. The molecule has 0 radical (unpaired) electrons. The molecular formula is C24H22N2O2S. The van der Waals surface area contributed by atoms with Crippen molar-refractivity contribution in [2.75, 3.05) is 12.3 Å². The molecule has 0 fully saturated rings. The summed E-state index contributed by atoms with van der Waals surface area (Å²) in [6.07, 6.45) is 0.826. The Hall–Kier alpha value is -3.05. The third-order valence-corrected chi connectivity index (χ3v) is 5.49. The molecule has 0 spiro atoms. The van der Waals surface area contributed by atoms with Crippen molar-refractivity contribution >= 4 is 28.8 Å². The normalized spacial score (nSPS) is 10.9. The molecule has 0 aliphatic carbocycles. The Morgan fingerprint density at radius 1 is 0.862 bits per heavy atom. The maximum absolute atomic E-state index is 13.0. The van der Waals surface area contributed by atoms with Gasteiger partial charge in [0.25, 0.3) is 5.22 Å². The van der Waals surface area contributed by atoms with Crippen LogP contribution < -0.4 is 0 Å². The fourth-order valence-electron chi connectivity index (χ4n) is 3.13. The van der Waals surface area contributed by atoms with Gasteiger partial charge in [-0.3, -0.25) is 4.79 Å². The molecule has 0 atom stereocenters. The van der Waals surface area contributed by atoms with Crippen molar-refractivity contribution in [2.24, 2.45) is 0 Å². The molecule has 5 heteroatoms. The highest BCUT2D eigenvalue weighted by atomic mass is 32.2. The lowest BCUT2D eigenvalue weighted by Crippen LogP contribution is -2.33. The smallest absolute Gasteiger partial charge is 0.257 e. The molecule has 1 amide bonds. The van der Waals surface area contributed by atoms with Crippen LogP contribution >= 0.6 is 11.8 Å². The van der Waals surface area contributed by atoms with Gasteiger partial charge in [-0.2, -0.15) is 0 Å². The molecule has 0 aliphatic rings. The fraction of sp³-hybridized carbons (Fsp3) is 0.167. The maximum Gasteiger partial charge on any atom is 0.257 e. The van der Waals surface area contributed by atoms with E-state index in [1.54, 1.807) is 0 Å². The van der Waals surface area contributed by atoms with E-state index in [9.17, 15) is 4.79 Å². The maximum atomic E-state index is 13.0. The fourth-order valence-corrected chi connectivity index (χ4v) is 3.87. The first-order chi connectivity index (χ1) is 14.3. The van der Waals surface area contributed by atoms with Crippen LogP contribution in [-0.4, -0.2) is 28.1 Å². The number of hydrogen-bond acceptors (Lipinski definition) is 4. The van der Waals surface area contributed by atoms with Crippen molar-refractivity contribution in [1.29, 1.82) is 0 Å². The largest absolute Gasteiger partial charge is 0.431 e. The zero-order valence-corrected chi connectivity index (χ0v) is 16.8. The molecule has 4 aromatic rings. The van der Waals surface area contributed by atoms with Crippen molar-refractivity contribution in [3.8, 4) is 0 Å². The first-order valence-corrected chi connectivity index (χ1v) is 10.6. The van der Waals surface area contributed by atoms with Crippen LogP contribution in [0.2, 0.25) is 0 Å². The molecule has 146 valence electrons. The van der Waals surface area contributed by atoms with E-state index < -0.39 is 0 Å². The van der Waals surface area contributed by atoms with E-state index in [2.05, 4.69) is 29.2 Å². The van der Waals surface area contributed by atoms with Crippen molar-refractivity contribution in [3.05, 3.63) is 96.1 Å². The second-order valence-corrected chi connectivity index (χ2v) is 7.70. The average Bonchev–Trinajstić information content (AvgIpc) is 3.19. The summed E-state index contributed by atoms with van der Waals surface area (Å²) in [5.41, 5.74) is 3.91. The number of carbonyl (C=O) groups excluding carboxylic acids is 1. The summed E-state index contributed by atoms with van der Waals surface area (Å²) in [4.78, 5) is 19.4. The molecule has 1 aromatic heterocycles. The van der Waals surface area contributed by atoms with E-state index in [1.807, 2.05) is 65.6 Å². The van der Waals surface area contributed by atoms with Crippen LogP contribution in [0.4, 0.5) is 0 Å². The van der Waals surface area contributed by atoms with Crippen LogP contribution in [-0.2, 0) is 17.8 Å². The number of benzene rings is 3. The third-order valence-electron chi connectivity index (χ3n) is 4.68. The number of carbonyl (C=O) groups is 1. The second-order valence-electron chi connectivity index (χ2n) is 6.77. The van der Waals surface area contributed by atoms with Gasteiger partial charge in [0.05, 0.1) is 5.75 Å². The summed E-state index contributed by atoms with van der Waals surface area (Å²) < 4.78 is 5.73. The Morgan fingerprint density at radius 3 is 2.24 bits per heavy atom. The van der Waals surface area contributed by atoms with Gasteiger partial charge >= 0.3 is 0 Å². The van der Waals surface area contributed by atoms with Crippen molar-refractivity contribution < 1.29 is 9.21 Å². The monoisotopic (exact) mass is 402 g/mol. The summed E-state index contributed by atoms with van der Waals surface area (Å²) in [7, 11) is 0. The summed E-state index contributed by atoms with van der Waals surface area (Å²) in [5, 5.41) is 0.530. The summed E-state index contributed by atoms with van der Waals surface area (Å²) >= 11 is 1.35. The Kier molecular flexibility index (Phi) is 6.27. The standard InChI is InChI=1S/C24H22N2O2S/c27-23(18-29-24-25-21-13-7-8-14-22(21)28-24)26(17-20-11-5-2-6-12-20)16-15-19-9-3-1-4-10-19/h1-14H,15-18H2. The zero-order chi connectivity index (χ0) is 19.9. The van der Waals surface area contributed by atoms with Gasteiger partial charge in [0.2, 0.25) is 5.91 Å². The first kappa shape index (κ1) is 19.3. The Labute approximate surface area is 174 Å². The van der Waals surface area contributed by atoms with Crippen molar-refractivity contribution in [3.63, 3.8) is 0 Å². The Balaban J connectivity index is 1.42. The number of thioether (sulfide) groups is 1. The van der Waals surface area contributed by atoms with Crippen LogP contribution in [0.1, 0.15) is 11.1 Å². The lowest BCUT2D eigenvalue weighted by molar-refractivity contribution is -0.128. The van der Waals surface area contributed by atoms with E-state index in [-0.39, 0.29) is 5.91 Å². The molecule has 0 bridgehead atoms. The number of hydrogen-bond donors (Lipinski definition) is 0. The van der Waals surface area contributed by atoms with Crippen LogP contribution in [0, 0.1) is 0 Å². The number of amides is 1. The number of nitrogens with zero attached hydrogens (tertiary/aromatic N) is 2. The third kappa shape index (κ3) is 5.27. The topological polar surface area (TPSA) is 46.3 Å². The van der Waals surface area contributed by atoms with Crippen LogP contribution in [0.25, 0.3) is 11.1 Å². The molecule has 0 saturated carbocycles. The van der Waals surface area contributed by atoms with Gasteiger partial charge in [0.1, 0.15) is 5.52 Å². The van der Waals surface area contributed by atoms with Gasteiger partial charge in [-0.15, -0.1) is 0 Å². The Bertz CT molecular complexity index is 1030. The summed E-state index contributed by atoms with van der Waals surface area (Å²) in [6.45, 7) is 1.27. The van der Waals surface area contributed by atoms with E-state index in [1.165, 1.54) is 17.3 Å². The molecule has 1 heterocycles. The zero-order valence-electron chi connectivity index (χ0n) is 16.0. The second kappa shape index (κ2) is 9.43. The van der Waals surface area contributed by atoms with E-state index >= 15 is 0 Å². The molecular weight excluding hydrogens is 380 g/mol. The average molecular weight is 403 g/mol. The van der Waals surface area contributed by atoms with Gasteiger partial charge in [-0.1, -0.05) is 84.6 Å². The number of fused-ring (bicyclic) bond motifs is 1. The first-order valence-electron chi connectivity index (χ1n) is 9.62. The lowest BCUT2D eigenvalue weighted by atomic mass is 10.1. The van der Waals surface area contributed by atoms with Crippen molar-refractivity contribution in [1.82, 2.24) is 9.88 Å². The highest BCUT2D eigenvalue weighted by Crippen LogP contribution is 2.23. The molecule has 0 aliphatic heterocycles. The van der Waals surface area contributed by atoms with Crippen LogP contribution in [0.5, 0.6) is 0 Å². The van der Waals surface area contributed by atoms with Gasteiger partial charge in [-0.05, 0) is 29.7 Å². The van der Waals surface area contributed by atoms with Gasteiger partial charge in [-0.25, -0.2) is 4.98 Å². The molecule has 0 saturated heterocycles. The SMILES string of the molecule is O=C(CSc1nc2ccccc2o1)N(CCc1ccccc1)Cc1ccccc1. The lowest BCUT2D eigenvalue weighted by Gasteiger charge is -2.22. The van der Waals surface area contributed by atoms with Gasteiger partial charge in [0.15, 0.2) is 5.58 Å². The highest BCUT2D eigenvalue weighted by molar-refractivity contribution is 7.99. The van der Waals surface area contributed by atoms with Crippen LogP contribution in [0.15, 0.2) is 94.6 Å². The molecule has 0 N–H and O–H groups in total. The minimum atomic E-state index is 0.0806. The van der Waals surface area contributed by atoms with E-state index in [0.717, 1.165) is 23.1 Å². The quantitative estimate of drug-likeness (QED) is 0.381. The predicted molar refractivity (Wildman–Crippen MR) is 117 cm³/mol. The minimum Gasteiger partial charge on any atom is -0.431 e. The number of oxazole rings is 1. The number of para-hydroxylation sites is 2.